The van der Waals surface area contributed by atoms with E-state index in [2.05, 4.69) is 9.97 Å². The molecule has 0 atom stereocenters. The molecule has 3 aromatic heterocycles. The molecule has 3 heterocycles. The number of carbonyl (C=O) groups is 1. The highest BCUT2D eigenvalue weighted by molar-refractivity contribution is 6.03. The topological polar surface area (TPSA) is 73.6 Å². The molecule has 4 rings (SSSR count). The Bertz CT molecular complexity index is 1240. The predicted molar refractivity (Wildman–Crippen MR) is 102 cm³/mol. The zero-order chi connectivity index (χ0) is 19.0. The van der Waals surface area contributed by atoms with Crippen molar-refractivity contribution >= 4 is 22.5 Å². The third-order valence-corrected chi connectivity index (χ3v) is 4.28. The van der Waals surface area contributed by atoms with Crippen molar-refractivity contribution < 1.29 is 9.53 Å². The second kappa shape index (κ2) is 6.64. The van der Waals surface area contributed by atoms with Crippen molar-refractivity contribution in [2.45, 2.75) is 20.5 Å². The van der Waals surface area contributed by atoms with Crippen LogP contribution in [0.25, 0.3) is 16.6 Å². The number of carbonyl (C=O) groups excluding carboxylic acids is 1. The van der Waals surface area contributed by atoms with E-state index in [1.807, 2.05) is 44.2 Å². The largest absolute Gasteiger partial charge is 0.456 e. The molecule has 0 aliphatic carbocycles. The van der Waals surface area contributed by atoms with E-state index in [-0.39, 0.29) is 12.2 Å². The van der Waals surface area contributed by atoms with Crippen LogP contribution in [0.2, 0.25) is 0 Å². The summed E-state index contributed by atoms with van der Waals surface area (Å²) in [5, 5.41) is 0.732. The summed E-state index contributed by atoms with van der Waals surface area (Å²) >= 11 is 0. The number of hydrogen-bond acceptors (Lipinski definition) is 5. The van der Waals surface area contributed by atoms with Gasteiger partial charge in [0.2, 0.25) is 0 Å². The highest BCUT2D eigenvalue weighted by Gasteiger charge is 2.14. The molecule has 1 aromatic carbocycles. The van der Waals surface area contributed by atoms with Crippen molar-refractivity contribution in [2.75, 3.05) is 0 Å². The van der Waals surface area contributed by atoms with Crippen LogP contribution in [-0.2, 0) is 11.3 Å². The maximum atomic E-state index is 12.6. The lowest BCUT2D eigenvalue weighted by atomic mass is 10.1. The minimum atomic E-state index is -0.470. The number of hydrogen-bond donors (Lipinski definition) is 0. The molecule has 0 unspecified atom stereocenters. The molecular formula is C21H17N3O3. The predicted octanol–water partition coefficient (Wildman–Crippen LogP) is 3.22. The van der Waals surface area contributed by atoms with E-state index in [1.54, 1.807) is 18.3 Å². The van der Waals surface area contributed by atoms with Gasteiger partial charge in [-0.2, -0.15) is 0 Å². The fourth-order valence-corrected chi connectivity index (χ4v) is 3.03. The number of benzene rings is 1. The molecule has 0 radical (unpaired) electrons. The molecular weight excluding hydrogens is 342 g/mol. The molecule has 6 nitrogen and oxygen atoms in total. The molecule has 0 aliphatic heterocycles. The fourth-order valence-electron chi connectivity index (χ4n) is 3.03. The number of aryl methyl sites for hydroxylation is 2. The van der Waals surface area contributed by atoms with Crippen LogP contribution in [0.1, 0.15) is 27.3 Å². The van der Waals surface area contributed by atoms with Crippen LogP contribution >= 0.6 is 0 Å². The van der Waals surface area contributed by atoms with Gasteiger partial charge < -0.3 is 4.74 Å². The van der Waals surface area contributed by atoms with Crippen molar-refractivity contribution in [3.05, 3.63) is 87.6 Å². The van der Waals surface area contributed by atoms with E-state index in [4.69, 9.17) is 4.74 Å². The molecule has 4 aromatic rings. The summed E-state index contributed by atoms with van der Waals surface area (Å²) in [5.74, 6) is -0.470. The number of rotatable bonds is 3. The van der Waals surface area contributed by atoms with Gasteiger partial charge in [0, 0.05) is 23.3 Å². The van der Waals surface area contributed by atoms with E-state index in [0.29, 0.717) is 16.9 Å². The summed E-state index contributed by atoms with van der Waals surface area (Å²) in [6, 6.07) is 14.1. The maximum Gasteiger partial charge on any atom is 0.339 e. The van der Waals surface area contributed by atoms with Gasteiger partial charge in [-0.1, -0.05) is 24.3 Å². The van der Waals surface area contributed by atoms with Gasteiger partial charge in [0.05, 0.1) is 16.8 Å². The van der Waals surface area contributed by atoms with Gasteiger partial charge in [-0.05, 0) is 37.6 Å². The van der Waals surface area contributed by atoms with Crippen molar-refractivity contribution in [3.63, 3.8) is 0 Å². The molecule has 6 heteroatoms. The van der Waals surface area contributed by atoms with Crippen LogP contribution in [0.4, 0.5) is 0 Å². The van der Waals surface area contributed by atoms with E-state index in [1.165, 1.54) is 10.5 Å². The third kappa shape index (κ3) is 3.29. The van der Waals surface area contributed by atoms with Crippen molar-refractivity contribution in [1.29, 1.82) is 0 Å². The fraction of sp³-hybridized carbons (Fsp3) is 0.143. The van der Waals surface area contributed by atoms with E-state index in [9.17, 15) is 9.59 Å². The van der Waals surface area contributed by atoms with E-state index < -0.39 is 5.97 Å². The Kier molecular flexibility index (Phi) is 4.16. The molecule has 0 saturated carbocycles. The molecule has 0 spiro atoms. The zero-order valence-corrected chi connectivity index (χ0v) is 15.0. The first-order chi connectivity index (χ1) is 13.0. The van der Waals surface area contributed by atoms with Gasteiger partial charge in [0.1, 0.15) is 12.3 Å². The molecule has 0 fully saturated rings. The molecule has 0 saturated heterocycles. The maximum absolute atomic E-state index is 12.6. The van der Waals surface area contributed by atoms with Gasteiger partial charge in [-0.25, -0.2) is 9.78 Å². The molecule has 27 heavy (non-hydrogen) atoms. The lowest BCUT2D eigenvalue weighted by Crippen LogP contribution is -2.17. The second-order valence-electron chi connectivity index (χ2n) is 6.42. The van der Waals surface area contributed by atoms with Crippen LogP contribution in [0.15, 0.2) is 59.5 Å². The number of ether oxygens (including phenoxy) is 1. The molecule has 0 amide bonds. The zero-order valence-electron chi connectivity index (χ0n) is 15.0. The number of aromatic nitrogens is 3. The molecule has 0 N–H and O–H groups in total. The number of nitrogens with zero attached hydrogens (tertiary/aromatic N) is 3. The monoisotopic (exact) mass is 359 g/mol. The molecule has 0 aliphatic rings. The number of esters is 1. The average molecular weight is 359 g/mol. The summed E-state index contributed by atoms with van der Waals surface area (Å²) in [4.78, 5) is 33.7. The Morgan fingerprint density at radius 3 is 2.74 bits per heavy atom. The Labute approximate surface area is 155 Å². The van der Waals surface area contributed by atoms with Crippen LogP contribution in [0.3, 0.4) is 0 Å². The average Bonchev–Trinajstić information content (AvgIpc) is 2.66. The minimum absolute atomic E-state index is 0.0753. The number of para-hydroxylation sites is 1. The standard InChI is InChI=1S/C21H17N3O3/c1-13-7-8-19-23-15(10-20(25)24(19)11-13)12-27-21(26)17-9-14(2)22-18-6-4-3-5-16(17)18/h3-11H,12H2,1-2H3. The molecule has 134 valence electrons. The Hall–Kier alpha value is -3.54. The summed E-state index contributed by atoms with van der Waals surface area (Å²) in [5.41, 5.74) is 3.60. The second-order valence-corrected chi connectivity index (χ2v) is 6.42. The van der Waals surface area contributed by atoms with Gasteiger partial charge in [-0.3, -0.25) is 14.2 Å². The first-order valence-electron chi connectivity index (χ1n) is 8.54. The summed E-state index contributed by atoms with van der Waals surface area (Å²) in [7, 11) is 0. The van der Waals surface area contributed by atoms with E-state index in [0.717, 1.165) is 22.2 Å². The number of pyridine rings is 2. The highest BCUT2D eigenvalue weighted by atomic mass is 16.5. The highest BCUT2D eigenvalue weighted by Crippen LogP contribution is 2.19. The normalized spacial score (nSPS) is 11.0. The Morgan fingerprint density at radius 1 is 1.07 bits per heavy atom. The Balaban J connectivity index is 1.63. The van der Waals surface area contributed by atoms with Crippen LogP contribution in [-0.4, -0.2) is 20.3 Å². The van der Waals surface area contributed by atoms with Gasteiger partial charge in [0.15, 0.2) is 0 Å². The third-order valence-electron chi connectivity index (χ3n) is 4.28. The summed E-state index contributed by atoms with van der Waals surface area (Å²) in [6.07, 6.45) is 1.73. The van der Waals surface area contributed by atoms with Crippen molar-refractivity contribution in [2.24, 2.45) is 0 Å². The summed E-state index contributed by atoms with van der Waals surface area (Å²) in [6.45, 7) is 3.66. The van der Waals surface area contributed by atoms with Crippen LogP contribution in [0, 0.1) is 13.8 Å². The van der Waals surface area contributed by atoms with E-state index >= 15 is 0 Å². The lowest BCUT2D eigenvalue weighted by Gasteiger charge is -2.09. The van der Waals surface area contributed by atoms with Gasteiger partial charge in [0.25, 0.3) is 5.56 Å². The first-order valence-corrected chi connectivity index (χ1v) is 8.54. The van der Waals surface area contributed by atoms with Crippen LogP contribution in [0.5, 0.6) is 0 Å². The number of fused-ring (bicyclic) bond motifs is 2. The van der Waals surface area contributed by atoms with Gasteiger partial charge in [-0.15, -0.1) is 0 Å². The smallest absolute Gasteiger partial charge is 0.339 e. The van der Waals surface area contributed by atoms with Crippen molar-refractivity contribution in [3.8, 4) is 0 Å². The van der Waals surface area contributed by atoms with Gasteiger partial charge >= 0.3 is 5.97 Å². The quantitative estimate of drug-likeness (QED) is 0.525. The SMILES string of the molecule is Cc1ccc2nc(COC(=O)c3cc(C)nc4ccccc34)cc(=O)n2c1. The minimum Gasteiger partial charge on any atom is -0.456 e. The first kappa shape index (κ1) is 16.9. The molecule has 0 bridgehead atoms. The van der Waals surface area contributed by atoms with Crippen molar-refractivity contribution in [1.82, 2.24) is 14.4 Å². The Morgan fingerprint density at radius 2 is 1.89 bits per heavy atom. The summed E-state index contributed by atoms with van der Waals surface area (Å²) < 4.78 is 6.90. The van der Waals surface area contributed by atoms with Crippen LogP contribution < -0.4 is 5.56 Å². The lowest BCUT2D eigenvalue weighted by molar-refractivity contribution is 0.0470.